The standard InChI is InChI=1S/C2H6BS.B/c1-3-4-2;/h1-2H3;. The highest BCUT2D eigenvalue weighted by molar-refractivity contribution is 8.21. The van der Waals surface area contributed by atoms with Gasteiger partial charge in [-0.25, -0.2) is 11.6 Å². The van der Waals surface area contributed by atoms with Crippen LogP contribution in [0.15, 0.2) is 0 Å². The zero-order valence-electron chi connectivity index (χ0n) is 3.56. The molecule has 0 saturated carbocycles. The van der Waals surface area contributed by atoms with E-state index in [-0.39, 0.29) is 8.41 Å². The van der Waals surface area contributed by atoms with Crippen molar-refractivity contribution in [2.24, 2.45) is 0 Å². The predicted molar refractivity (Wildman–Crippen MR) is 30.9 cm³/mol. The van der Waals surface area contributed by atoms with Crippen molar-refractivity contribution in [2.75, 3.05) is 6.26 Å². The molecule has 0 rings (SSSR count). The van der Waals surface area contributed by atoms with Crippen molar-refractivity contribution >= 4 is 26.6 Å². The zero-order valence-corrected chi connectivity index (χ0v) is 4.38. The van der Waals surface area contributed by atoms with Crippen LogP contribution in [-0.4, -0.2) is 21.2 Å². The Bertz CT molecular complexity index is 9.61. The molecule has 0 N–H and O–H groups in total. The Kier molecular flexibility index (Phi) is 16.0. The lowest BCUT2D eigenvalue weighted by molar-refractivity contribution is 2.36. The minimum Gasteiger partial charge on any atom is -0.222 e. The first kappa shape index (κ1) is 9.08. The molecule has 0 saturated heterocycles. The maximum atomic E-state index is 2.04. The van der Waals surface area contributed by atoms with Crippen molar-refractivity contribution in [3.63, 3.8) is 0 Å². The van der Waals surface area contributed by atoms with E-state index in [1.54, 1.807) is 11.6 Å². The molecule has 0 atom stereocenters. The summed E-state index contributed by atoms with van der Waals surface area (Å²) in [5, 5.41) is 0. The summed E-state index contributed by atoms with van der Waals surface area (Å²) in [7, 11) is 0. The van der Waals surface area contributed by atoms with Crippen LogP contribution in [0.25, 0.3) is 0 Å². The molecule has 26 valence electrons. The van der Waals surface area contributed by atoms with Crippen LogP contribution in [0.2, 0.25) is 6.82 Å². The summed E-state index contributed by atoms with van der Waals surface area (Å²) in [6, 6.07) is 0. The second-order valence-corrected chi connectivity index (χ2v) is 1.41. The Hall–Kier alpha value is 0.480. The van der Waals surface area contributed by atoms with Gasteiger partial charge in [0, 0.05) is 8.41 Å². The lowest BCUT2D eigenvalue weighted by Gasteiger charge is -1.66. The summed E-state index contributed by atoms with van der Waals surface area (Å²) in [5.41, 5.74) is 0. The third-order valence-electron chi connectivity index (χ3n) is 0.236. The monoisotopic (exact) mass is 84.0 g/mol. The Morgan fingerprint density at radius 1 is 1.60 bits per heavy atom. The molecule has 0 aliphatic heterocycles. The third kappa shape index (κ3) is 12.6. The van der Waals surface area contributed by atoms with E-state index in [2.05, 4.69) is 0 Å². The molecule has 0 aromatic rings. The summed E-state index contributed by atoms with van der Waals surface area (Å²) >= 11 is 1.73. The average Bonchev–Trinajstić information content (AvgIpc) is 1.37. The second kappa shape index (κ2) is 8.82. The molecule has 0 aromatic carbocycles. The SMILES string of the molecule is C[B]SC.[B]. The molecule has 5 heavy (non-hydrogen) atoms. The van der Waals surface area contributed by atoms with Crippen LogP contribution in [0.3, 0.4) is 0 Å². The normalized spacial score (nSPS) is 5.20. The summed E-state index contributed by atoms with van der Waals surface area (Å²) < 4.78 is 0. The van der Waals surface area contributed by atoms with E-state index in [1.807, 2.05) is 19.6 Å². The first-order valence-electron chi connectivity index (χ1n) is 1.22. The van der Waals surface area contributed by atoms with E-state index < -0.39 is 0 Å². The van der Waals surface area contributed by atoms with Gasteiger partial charge >= 0.3 is 0 Å². The van der Waals surface area contributed by atoms with Gasteiger partial charge in [0.25, 0.3) is 0 Å². The Balaban J connectivity index is 0. The molecule has 0 nitrogen and oxygen atoms in total. The third-order valence-corrected chi connectivity index (χ3v) is 0.707. The van der Waals surface area contributed by atoms with Crippen LogP contribution in [-0.2, 0) is 0 Å². The van der Waals surface area contributed by atoms with Gasteiger partial charge in [-0.1, -0.05) is 6.82 Å². The van der Waals surface area contributed by atoms with E-state index in [1.165, 1.54) is 0 Å². The van der Waals surface area contributed by atoms with Gasteiger partial charge in [-0.15, -0.1) is 0 Å². The largest absolute Gasteiger partial charge is 0.222 e. The van der Waals surface area contributed by atoms with Crippen molar-refractivity contribution < 1.29 is 0 Å². The minimum absolute atomic E-state index is 0. The maximum Gasteiger partial charge on any atom is 0.188 e. The number of hydrogen-bond acceptors (Lipinski definition) is 1. The highest BCUT2D eigenvalue weighted by Gasteiger charge is 1.61. The van der Waals surface area contributed by atoms with Gasteiger partial charge in [0.05, 0.1) is 0 Å². The van der Waals surface area contributed by atoms with Crippen LogP contribution >= 0.6 is 11.6 Å². The molecule has 0 fully saturated rings. The van der Waals surface area contributed by atoms with Crippen molar-refractivity contribution in [1.29, 1.82) is 0 Å². The molecular weight excluding hydrogens is 77.7 g/mol. The van der Waals surface area contributed by atoms with E-state index >= 15 is 0 Å². The Morgan fingerprint density at radius 2 is 1.80 bits per heavy atom. The quantitative estimate of drug-likeness (QED) is 0.420. The predicted octanol–water partition coefficient (Wildman–Crippen LogP) is 0.636. The van der Waals surface area contributed by atoms with Crippen LogP contribution in [0, 0.1) is 0 Å². The second-order valence-electron chi connectivity index (χ2n) is 0.471. The molecule has 0 heterocycles. The highest BCUT2D eigenvalue weighted by atomic mass is 32.2. The van der Waals surface area contributed by atoms with Crippen molar-refractivity contribution in [3.05, 3.63) is 0 Å². The first-order valence-corrected chi connectivity index (χ1v) is 2.51. The lowest BCUT2D eigenvalue weighted by Crippen LogP contribution is -1.59. The van der Waals surface area contributed by atoms with Gasteiger partial charge in [0.1, 0.15) is 0 Å². The molecule has 0 bridgehead atoms. The van der Waals surface area contributed by atoms with Gasteiger partial charge in [0.15, 0.2) is 6.56 Å². The summed E-state index contributed by atoms with van der Waals surface area (Å²) in [6.45, 7) is 4.06. The average molecular weight is 83.8 g/mol. The van der Waals surface area contributed by atoms with E-state index in [9.17, 15) is 0 Å². The summed E-state index contributed by atoms with van der Waals surface area (Å²) in [4.78, 5) is 0. The van der Waals surface area contributed by atoms with Gasteiger partial charge in [0.2, 0.25) is 0 Å². The van der Waals surface area contributed by atoms with Crippen LogP contribution in [0.5, 0.6) is 0 Å². The van der Waals surface area contributed by atoms with Crippen LogP contribution in [0.4, 0.5) is 0 Å². The molecule has 0 unspecified atom stereocenters. The Labute approximate surface area is 40.4 Å². The fraction of sp³-hybridized carbons (Fsp3) is 1.00. The molecule has 0 aromatic heterocycles. The highest BCUT2D eigenvalue weighted by Crippen LogP contribution is 1.80. The van der Waals surface area contributed by atoms with E-state index in [0.717, 1.165) is 0 Å². The van der Waals surface area contributed by atoms with Gasteiger partial charge in [-0.05, 0) is 6.26 Å². The van der Waals surface area contributed by atoms with Gasteiger partial charge in [-0.2, -0.15) is 0 Å². The van der Waals surface area contributed by atoms with Gasteiger partial charge < -0.3 is 0 Å². The molecule has 0 aliphatic carbocycles. The maximum absolute atomic E-state index is 2.04. The molecule has 0 aliphatic rings. The molecular formula is C2H6B2S. The van der Waals surface area contributed by atoms with Crippen molar-refractivity contribution in [1.82, 2.24) is 0 Å². The fourth-order valence-electron chi connectivity index (χ4n) is 0. The molecule has 4 radical (unpaired) electrons. The number of rotatable bonds is 1. The Morgan fingerprint density at radius 3 is 1.80 bits per heavy atom. The smallest absolute Gasteiger partial charge is 0.188 e. The molecule has 3 heteroatoms. The van der Waals surface area contributed by atoms with Crippen molar-refractivity contribution in [2.45, 2.75) is 6.82 Å². The zero-order chi connectivity index (χ0) is 3.41. The van der Waals surface area contributed by atoms with Crippen molar-refractivity contribution in [3.8, 4) is 0 Å². The topological polar surface area (TPSA) is 0 Å². The number of hydrogen-bond donors (Lipinski definition) is 0. The first-order chi connectivity index (χ1) is 1.91. The molecule has 0 spiro atoms. The van der Waals surface area contributed by atoms with E-state index in [4.69, 9.17) is 0 Å². The summed E-state index contributed by atoms with van der Waals surface area (Å²) in [5.74, 6) is 0. The van der Waals surface area contributed by atoms with Crippen LogP contribution < -0.4 is 0 Å². The van der Waals surface area contributed by atoms with E-state index in [0.29, 0.717) is 0 Å². The fourth-order valence-corrected chi connectivity index (χ4v) is 0. The van der Waals surface area contributed by atoms with Crippen LogP contribution in [0.1, 0.15) is 0 Å². The summed E-state index contributed by atoms with van der Waals surface area (Å²) in [6.07, 6.45) is 2.04. The molecule has 0 amide bonds. The minimum atomic E-state index is 0. The lowest BCUT2D eigenvalue weighted by atomic mass is 10.2. The van der Waals surface area contributed by atoms with Gasteiger partial charge in [-0.3, -0.25) is 0 Å².